The first-order valence-electron chi connectivity index (χ1n) is 10.6. The van der Waals surface area contributed by atoms with Crippen LogP contribution in [0.3, 0.4) is 0 Å². The molecule has 0 spiro atoms. The average molecular weight is 395 g/mol. The van der Waals surface area contributed by atoms with E-state index in [1.54, 1.807) is 0 Å². The van der Waals surface area contributed by atoms with E-state index >= 15 is 0 Å². The van der Waals surface area contributed by atoms with Crippen LogP contribution in [0.25, 0.3) is 0 Å². The number of nitrogens with zero attached hydrogens (tertiary/aromatic N) is 2. The number of hydrogen-bond donors (Lipinski definition) is 0. The van der Waals surface area contributed by atoms with Crippen LogP contribution in [-0.4, -0.2) is 48.8 Å². The Balaban J connectivity index is 1.53. The van der Waals surface area contributed by atoms with Gasteiger partial charge >= 0.3 is 0 Å². The van der Waals surface area contributed by atoms with Crippen LogP contribution in [0, 0.1) is 0 Å². The van der Waals surface area contributed by atoms with Crippen LogP contribution in [0.5, 0.6) is 0 Å². The summed E-state index contributed by atoms with van der Waals surface area (Å²) in [5.74, 6) is 0.375. The highest BCUT2D eigenvalue weighted by atomic mass is 16.2. The molecule has 0 fully saturated rings. The quantitative estimate of drug-likeness (QED) is 0.503. The second-order valence-corrected chi connectivity index (χ2v) is 7.66. The van der Waals surface area contributed by atoms with Crippen molar-refractivity contribution in [2.45, 2.75) is 44.9 Å². The van der Waals surface area contributed by atoms with Gasteiger partial charge in [-0.3, -0.25) is 9.59 Å². The van der Waals surface area contributed by atoms with Crippen molar-refractivity contribution in [1.29, 1.82) is 0 Å². The monoisotopic (exact) mass is 394 g/mol. The maximum Gasteiger partial charge on any atom is 0.222 e. The summed E-state index contributed by atoms with van der Waals surface area (Å²) in [6, 6.07) is 20.5. The predicted octanol–water partition coefficient (Wildman–Crippen LogP) is 4.34. The molecule has 0 heterocycles. The van der Waals surface area contributed by atoms with E-state index in [0.717, 1.165) is 45.2 Å². The average Bonchev–Trinajstić information content (AvgIpc) is 2.76. The number of amides is 2. The van der Waals surface area contributed by atoms with E-state index < -0.39 is 0 Å². The second-order valence-electron chi connectivity index (χ2n) is 7.66. The van der Waals surface area contributed by atoms with Gasteiger partial charge in [-0.2, -0.15) is 0 Å². The number of benzene rings is 2. The van der Waals surface area contributed by atoms with Gasteiger partial charge in [0.05, 0.1) is 0 Å². The highest BCUT2D eigenvalue weighted by Gasteiger charge is 2.10. The van der Waals surface area contributed by atoms with E-state index in [1.165, 1.54) is 11.1 Å². The van der Waals surface area contributed by atoms with Crippen molar-refractivity contribution in [2.24, 2.45) is 0 Å². The van der Waals surface area contributed by atoms with Gasteiger partial charge < -0.3 is 9.80 Å². The lowest BCUT2D eigenvalue weighted by Crippen LogP contribution is -2.29. The Kier molecular flexibility index (Phi) is 9.98. The Bertz CT molecular complexity index is 668. The summed E-state index contributed by atoms with van der Waals surface area (Å²) in [5.41, 5.74) is 2.50. The minimum atomic E-state index is 0.187. The van der Waals surface area contributed by atoms with Crippen LogP contribution in [0.1, 0.15) is 43.2 Å². The smallest absolute Gasteiger partial charge is 0.222 e. The van der Waals surface area contributed by atoms with Gasteiger partial charge in [0.2, 0.25) is 11.8 Å². The number of likely N-dealkylation sites (N-methyl/N-ethyl adjacent to an activating group) is 2. The maximum absolute atomic E-state index is 12.2. The summed E-state index contributed by atoms with van der Waals surface area (Å²) in [4.78, 5) is 28.1. The van der Waals surface area contributed by atoms with Gasteiger partial charge in [-0.05, 0) is 36.8 Å². The molecule has 0 radical (unpaired) electrons. The third-order valence-corrected chi connectivity index (χ3v) is 5.29. The van der Waals surface area contributed by atoms with Gasteiger partial charge in [0, 0.05) is 40.0 Å². The molecule has 0 unspecified atom stereocenters. The first-order valence-corrected chi connectivity index (χ1v) is 10.6. The molecule has 2 amide bonds. The van der Waals surface area contributed by atoms with Crippen molar-refractivity contribution >= 4 is 11.8 Å². The van der Waals surface area contributed by atoms with Crippen LogP contribution in [0.4, 0.5) is 0 Å². The summed E-state index contributed by atoms with van der Waals surface area (Å²) in [7, 11) is 3.74. The van der Waals surface area contributed by atoms with E-state index in [0.29, 0.717) is 12.8 Å². The minimum Gasteiger partial charge on any atom is -0.345 e. The van der Waals surface area contributed by atoms with Gasteiger partial charge in [0.25, 0.3) is 0 Å². The van der Waals surface area contributed by atoms with E-state index in [9.17, 15) is 9.59 Å². The Morgan fingerprint density at radius 3 is 1.38 bits per heavy atom. The molecule has 2 aromatic carbocycles. The van der Waals surface area contributed by atoms with Gasteiger partial charge in [-0.1, -0.05) is 67.1 Å². The van der Waals surface area contributed by atoms with Crippen LogP contribution in [0.2, 0.25) is 0 Å². The predicted molar refractivity (Wildman–Crippen MR) is 119 cm³/mol. The molecule has 0 atom stereocenters. The molecule has 0 aliphatic carbocycles. The Labute approximate surface area is 175 Å². The molecular weight excluding hydrogens is 360 g/mol. The molecular formula is C25H34N2O2. The Morgan fingerprint density at radius 2 is 1.00 bits per heavy atom. The number of unbranched alkanes of at least 4 members (excludes halogenated alkanes) is 2. The van der Waals surface area contributed by atoms with Crippen LogP contribution < -0.4 is 0 Å². The number of hydrogen-bond acceptors (Lipinski definition) is 2. The van der Waals surface area contributed by atoms with Crippen molar-refractivity contribution < 1.29 is 9.59 Å². The minimum absolute atomic E-state index is 0.187. The molecule has 2 aromatic rings. The van der Waals surface area contributed by atoms with Gasteiger partial charge in [-0.15, -0.1) is 0 Å². The fraction of sp³-hybridized carbons (Fsp3) is 0.440. The van der Waals surface area contributed by atoms with Crippen molar-refractivity contribution in [3.8, 4) is 0 Å². The molecule has 0 N–H and O–H groups in total. The fourth-order valence-electron chi connectivity index (χ4n) is 3.24. The molecule has 0 aliphatic rings. The second kappa shape index (κ2) is 12.8. The fourth-order valence-corrected chi connectivity index (χ4v) is 3.24. The number of carbonyl (C=O) groups excluding carboxylic acids is 2. The first kappa shape index (κ1) is 22.7. The summed E-state index contributed by atoms with van der Waals surface area (Å²) in [6.45, 7) is 1.49. The zero-order valence-corrected chi connectivity index (χ0v) is 17.8. The zero-order chi connectivity index (χ0) is 20.9. The van der Waals surface area contributed by atoms with E-state index in [4.69, 9.17) is 0 Å². The topological polar surface area (TPSA) is 40.6 Å². The first-order chi connectivity index (χ1) is 14.1. The lowest BCUT2D eigenvalue weighted by molar-refractivity contribution is -0.130. The zero-order valence-electron chi connectivity index (χ0n) is 17.8. The number of carbonyl (C=O) groups is 2. The molecule has 0 aromatic heterocycles. The maximum atomic E-state index is 12.2. The summed E-state index contributed by atoms with van der Waals surface area (Å²) < 4.78 is 0. The lowest BCUT2D eigenvalue weighted by Gasteiger charge is -2.18. The van der Waals surface area contributed by atoms with Crippen LogP contribution >= 0.6 is 0 Å². The standard InChI is InChI=1S/C25H34N2O2/c1-26(20-18-22-12-6-3-7-13-22)24(28)16-10-5-11-17-25(29)27(2)21-19-23-14-8-4-9-15-23/h3-4,6-9,12-15H,5,10-11,16-21H2,1-2H3. The Morgan fingerprint density at radius 1 is 0.621 bits per heavy atom. The van der Waals surface area contributed by atoms with Gasteiger partial charge in [-0.25, -0.2) is 0 Å². The molecule has 0 aliphatic heterocycles. The molecule has 4 nitrogen and oxygen atoms in total. The largest absolute Gasteiger partial charge is 0.345 e. The van der Waals surface area contributed by atoms with E-state index in [2.05, 4.69) is 24.3 Å². The third-order valence-electron chi connectivity index (χ3n) is 5.29. The van der Waals surface area contributed by atoms with Crippen LogP contribution in [0.15, 0.2) is 60.7 Å². The highest BCUT2D eigenvalue weighted by Crippen LogP contribution is 2.08. The summed E-state index contributed by atoms with van der Waals surface area (Å²) >= 11 is 0. The summed E-state index contributed by atoms with van der Waals surface area (Å²) in [5, 5.41) is 0. The molecule has 0 saturated heterocycles. The molecule has 0 saturated carbocycles. The van der Waals surface area contributed by atoms with Crippen molar-refractivity contribution in [1.82, 2.24) is 9.80 Å². The van der Waals surface area contributed by atoms with E-state index in [1.807, 2.05) is 60.3 Å². The van der Waals surface area contributed by atoms with E-state index in [-0.39, 0.29) is 11.8 Å². The normalized spacial score (nSPS) is 10.6. The third kappa shape index (κ3) is 8.95. The van der Waals surface area contributed by atoms with Crippen molar-refractivity contribution in [3.05, 3.63) is 71.8 Å². The molecule has 0 bridgehead atoms. The SMILES string of the molecule is CN(CCc1ccccc1)C(=O)CCCCCC(=O)N(C)CCc1ccccc1. The Hall–Kier alpha value is -2.62. The van der Waals surface area contributed by atoms with Gasteiger partial charge in [0.1, 0.15) is 0 Å². The van der Waals surface area contributed by atoms with Crippen molar-refractivity contribution in [2.75, 3.05) is 27.2 Å². The molecule has 29 heavy (non-hydrogen) atoms. The highest BCUT2D eigenvalue weighted by molar-refractivity contribution is 5.76. The molecule has 4 heteroatoms. The van der Waals surface area contributed by atoms with Crippen molar-refractivity contribution in [3.63, 3.8) is 0 Å². The molecule has 2 rings (SSSR count). The number of rotatable bonds is 12. The summed E-state index contributed by atoms with van der Waals surface area (Å²) in [6.07, 6.45) is 5.48. The van der Waals surface area contributed by atoms with Gasteiger partial charge in [0.15, 0.2) is 0 Å². The van der Waals surface area contributed by atoms with Crippen LogP contribution in [-0.2, 0) is 22.4 Å². The lowest BCUT2D eigenvalue weighted by atomic mass is 10.1. The molecule has 156 valence electrons.